The van der Waals surface area contributed by atoms with Crippen molar-refractivity contribution in [2.75, 3.05) is 45.8 Å². The molecule has 188 valence electrons. The third-order valence-corrected chi connectivity index (χ3v) is 8.24. The van der Waals surface area contributed by atoms with Gasteiger partial charge in [-0.1, -0.05) is 37.0 Å². The van der Waals surface area contributed by atoms with E-state index in [0.29, 0.717) is 25.0 Å². The van der Waals surface area contributed by atoms with Gasteiger partial charge >= 0.3 is 0 Å². The standard InChI is InChI=1S/C28H44N4O2/c1-22-9-7-13-25(21-22)28(34)32-19-17-31(18-20-32)26(24-11-3-4-12-24)27(33)29-14-8-16-30-15-6-5-10-23(30)2/h7,9,13,21,23-24,26H,3-6,8,10-12,14-20H2,1-2H3,(H,29,33). The summed E-state index contributed by atoms with van der Waals surface area (Å²) in [5, 5.41) is 3.29. The molecule has 3 fully saturated rings. The number of likely N-dealkylation sites (tertiary alicyclic amines) is 1. The lowest BCUT2D eigenvalue weighted by Crippen LogP contribution is -2.58. The zero-order valence-corrected chi connectivity index (χ0v) is 21.3. The highest BCUT2D eigenvalue weighted by atomic mass is 16.2. The van der Waals surface area contributed by atoms with E-state index < -0.39 is 0 Å². The molecule has 3 aliphatic rings. The number of nitrogens with zero attached hydrogens (tertiary/aromatic N) is 3. The maximum absolute atomic E-state index is 13.4. The second kappa shape index (κ2) is 12.2. The predicted octanol–water partition coefficient (Wildman–Crippen LogP) is 3.69. The Kier molecular flexibility index (Phi) is 9.01. The first-order valence-electron chi connectivity index (χ1n) is 13.6. The highest BCUT2D eigenvalue weighted by molar-refractivity contribution is 5.94. The van der Waals surface area contributed by atoms with Crippen molar-refractivity contribution in [1.29, 1.82) is 0 Å². The van der Waals surface area contributed by atoms with E-state index in [4.69, 9.17) is 0 Å². The monoisotopic (exact) mass is 468 g/mol. The van der Waals surface area contributed by atoms with Crippen molar-refractivity contribution in [2.24, 2.45) is 5.92 Å². The van der Waals surface area contributed by atoms with Gasteiger partial charge in [-0.05, 0) is 70.5 Å². The minimum Gasteiger partial charge on any atom is -0.355 e. The summed E-state index contributed by atoms with van der Waals surface area (Å²) in [6.07, 6.45) is 9.72. The van der Waals surface area contributed by atoms with Gasteiger partial charge in [0.2, 0.25) is 5.91 Å². The number of hydrogen-bond donors (Lipinski definition) is 1. The highest BCUT2D eigenvalue weighted by Crippen LogP contribution is 2.31. The number of piperidine rings is 1. The summed E-state index contributed by atoms with van der Waals surface area (Å²) < 4.78 is 0. The van der Waals surface area contributed by atoms with Crippen LogP contribution in [0.2, 0.25) is 0 Å². The van der Waals surface area contributed by atoms with Crippen LogP contribution < -0.4 is 5.32 Å². The number of piperazine rings is 1. The van der Waals surface area contributed by atoms with E-state index in [9.17, 15) is 9.59 Å². The molecule has 4 rings (SSSR count). The van der Waals surface area contributed by atoms with Crippen molar-refractivity contribution < 1.29 is 9.59 Å². The molecule has 0 spiro atoms. The van der Waals surface area contributed by atoms with E-state index in [2.05, 4.69) is 22.0 Å². The van der Waals surface area contributed by atoms with E-state index in [0.717, 1.165) is 56.6 Å². The molecule has 2 saturated heterocycles. The molecule has 1 N–H and O–H groups in total. The number of carbonyl (C=O) groups is 2. The van der Waals surface area contributed by atoms with Crippen LogP contribution in [0.4, 0.5) is 0 Å². The first kappa shape index (κ1) is 25.2. The van der Waals surface area contributed by atoms with Crippen LogP contribution >= 0.6 is 0 Å². The number of hydrogen-bond acceptors (Lipinski definition) is 4. The van der Waals surface area contributed by atoms with Crippen LogP contribution in [0.1, 0.15) is 74.2 Å². The van der Waals surface area contributed by atoms with Crippen LogP contribution in [-0.4, -0.2) is 84.4 Å². The fourth-order valence-electron chi connectivity index (χ4n) is 6.20. The van der Waals surface area contributed by atoms with E-state index in [1.165, 1.54) is 38.6 Å². The molecule has 1 aromatic rings. The first-order valence-corrected chi connectivity index (χ1v) is 13.6. The SMILES string of the molecule is Cc1cccc(C(=O)N2CCN(C(C(=O)NCCCN3CCCCC3C)C3CCCC3)CC2)c1. The Morgan fingerprint density at radius 3 is 2.44 bits per heavy atom. The Balaban J connectivity index is 1.29. The van der Waals surface area contributed by atoms with Gasteiger partial charge in [0.1, 0.15) is 0 Å². The average molecular weight is 469 g/mol. The molecule has 2 atom stereocenters. The first-order chi connectivity index (χ1) is 16.5. The zero-order valence-electron chi connectivity index (χ0n) is 21.3. The van der Waals surface area contributed by atoms with Gasteiger partial charge in [0.05, 0.1) is 6.04 Å². The summed E-state index contributed by atoms with van der Waals surface area (Å²) in [5.41, 5.74) is 1.87. The lowest BCUT2D eigenvalue weighted by molar-refractivity contribution is -0.129. The number of benzene rings is 1. The summed E-state index contributed by atoms with van der Waals surface area (Å²) in [5.74, 6) is 0.760. The van der Waals surface area contributed by atoms with Crippen molar-refractivity contribution >= 4 is 11.8 Å². The van der Waals surface area contributed by atoms with Crippen LogP contribution in [0.5, 0.6) is 0 Å². The molecule has 6 heteroatoms. The van der Waals surface area contributed by atoms with Gasteiger partial charge in [-0.2, -0.15) is 0 Å². The normalized spacial score (nSPS) is 23.7. The summed E-state index contributed by atoms with van der Waals surface area (Å²) in [6, 6.07) is 8.47. The predicted molar refractivity (Wildman–Crippen MR) is 137 cm³/mol. The van der Waals surface area contributed by atoms with Crippen molar-refractivity contribution in [3.63, 3.8) is 0 Å². The molecule has 2 amide bonds. The summed E-state index contributed by atoms with van der Waals surface area (Å²) >= 11 is 0. The van der Waals surface area contributed by atoms with Gasteiger partial charge in [0.15, 0.2) is 0 Å². The Morgan fingerprint density at radius 2 is 1.74 bits per heavy atom. The Hall–Kier alpha value is -1.92. The molecule has 0 bridgehead atoms. The molecule has 34 heavy (non-hydrogen) atoms. The van der Waals surface area contributed by atoms with Gasteiger partial charge < -0.3 is 15.1 Å². The van der Waals surface area contributed by atoms with E-state index in [1.807, 2.05) is 36.1 Å². The summed E-state index contributed by atoms with van der Waals surface area (Å²) in [6.45, 7) is 10.3. The number of aryl methyl sites for hydroxylation is 1. The highest BCUT2D eigenvalue weighted by Gasteiger charge is 2.37. The van der Waals surface area contributed by atoms with Crippen LogP contribution in [0, 0.1) is 12.8 Å². The average Bonchev–Trinajstić information content (AvgIpc) is 3.37. The van der Waals surface area contributed by atoms with Crippen LogP contribution in [0.15, 0.2) is 24.3 Å². The summed E-state index contributed by atoms with van der Waals surface area (Å²) in [7, 11) is 0. The topological polar surface area (TPSA) is 55.9 Å². The molecule has 0 radical (unpaired) electrons. The van der Waals surface area contributed by atoms with E-state index >= 15 is 0 Å². The maximum atomic E-state index is 13.4. The molecule has 2 aliphatic heterocycles. The Labute approximate surface area is 206 Å². The van der Waals surface area contributed by atoms with Crippen LogP contribution in [0.25, 0.3) is 0 Å². The van der Waals surface area contributed by atoms with E-state index in [1.54, 1.807) is 0 Å². The zero-order chi connectivity index (χ0) is 23.9. The van der Waals surface area contributed by atoms with Gasteiger partial charge in [-0.3, -0.25) is 14.5 Å². The van der Waals surface area contributed by atoms with Gasteiger partial charge in [0.25, 0.3) is 5.91 Å². The minimum atomic E-state index is -0.0485. The van der Waals surface area contributed by atoms with Crippen LogP contribution in [0.3, 0.4) is 0 Å². The Morgan fingerprint density at radius 1 is 1.00 bits per heavy atom. The second-order valence-corrected chi connectivity index (χ2v) is 10.7. The van der Waals surface area contributed by atoms with Crippen LogP contribution in [-0.2, 0) is 4.79 Å². The second-order valence-electron chi connectivity index (χ2n) is 10.7. The molecule has 2 unspecified atom stereocenters. The third-order valence-electron chi connectivity index (χ3n) is 8.24. The molecular weight excluding hydrogens is 424 g/mol. The number of amides is 2. The van der Waals surface area contributed by atoms with Crippen molar-refractivity contribution in [3.8, 4) is 0 Å². The van der Waals surface area contributed by atoms with Crippen molar-refractivity contribution in [1.82, 2.24) is 20.0 Å². The fraction of sp³-hybridized carbons (Fsp3) is 0.714. The molecular formula is C28H44N4O2. The van der Waals surface area contributed by atoms with Gasteiger partial charge in [-0.25, -0.2) is 0 Å². The molecule has 6 nitrogen and oxygen atoms in total. The van der Waals surface area contributed by atoms with Crippen molar-refractivity contribution in [2.45, 2.75) is 77.3 Å². The molecule has 1 aromatic carbocycles. The minimum absolute atomic E-state index is 0.0485. The van der Waals surface area contributed by atoms with Gasteiger partial charge in [-0.15, -0.1) is 0 Å². The van der Waals surface area contributed by atoms with Crippen molar-refractivity contribution in [3.05, 3.63) is 35.4 Å². The quantitative estimate of drug-likeness (QED) is 0.591. The fourth-order valence-corrected chi connectivity index (χ4v) is 6.20. The lowest BCUT2D eigenvalue weighted by atomic mass is 9.95. The molecule has 0 aromatic heterocycles. The van der Waals surface area contributed by atoms with E-state index in [-0.39, 0.29) is 17.9 Å². The van der Waals surface area contributed by atoms with Gasteiger partial charge in [0, 0.05) is 50.9 Å². The molecule has 2 heterocycles. The molecule has 1 saturated carbocycles. The third kappa shape index (κ3) is 6.39. The Bertz CT molecular complexity index is 814. The number of rotatable bonds is 8. The smallest absolute Gasteiger partial charge is 0.253 e. The largest absolute Gasteiger partial charge is 0.355 e. The number of carbonyl (C=O) groups excluding carboxylic acids is 2. The molecule has 1 aliphatic carbocycles. The maximum Gasteiger partial charge on any atom is 0.253 e. The number of nitrogens with one attached hydrogen (secondary N) is 1. The summed E-state index contributed by atoms with van der Waals surface area (Å²) in [4.78, 5) is 33.2. The lowest BCUT2D eigenvalue weighted by Gasteiger charge is -2.41.